The molecule has 0 radical (unpaired) electrons. The van der Waals surface area contributed by atoms with E-state index in [4.69, 9.17) is 18.9 Å². The van der Waals surface area contributed by atoms with E-state index in [9.17, 15) is 46.0 Å². The number of allylic oxidation sites excluding steroid dienone is 1. The minimum absolute atomic E-state index is 0.126. The summed E-state index contributed by atoms with van der Waals surface area (Å²) in [4.78, 5) is 0. The smallest absolute Gasteiger partial charge is 0.186 e. The Labute approximate surface area is 307 Å². The van der Waals surface area contributed by atoms with Gasteiger partial charge in [-0.15, -0.1) is 0 Å². The summed E-state index contributed by atoms with van der Waals surface area (Å²) < 4.78 is 24.9. The molecule has 0 spiro atoms. The lowest BCUT2D eigenvalue weighted by molar-refractivity contribution is -0.318. The van der Waals surface area contributed by atoms with E-state index in [1.807, 2.05) is 0 Å². The van der Waals surface area contributed by atoms with E-state index in [-0.39, 0.29) is 35.0 Å². The zero-order valence-electron chi connectivity index (χ0n) is 31.6. The summed E-state index contributed by atoms with van der Waals surface area (Å²) in [5.41, 5.74) is 0.314. The molecule has 2 unspecified atom stereocenters. The molecule has 2 saturated heterocycles. The van der Waals surface area contributed by atoms with E-state index in [0.717, 1.165) is 31.3 Å². The van der Waals surface area contributed by atoms with Gasteiger partial charge in [-0.2, -0.15) is 0 Å². The molecular formula is C39H66O13. The first-order chi connectivity index (χ1) is 24.4. The average Bonchev–Trinajstić information content (AvgIpc) is 3.40. The van der Waals surface area contributed by atoms with Gasteiger partial charge < -0.3 is 64.9 Å². The van der Waals surface area contributed by atoms with Crippen molar-refractivity contribution < 1.29 is 64.9 Å². The van der Waals surface area contributed by atoms with Crippen LogP contribution in [0, 0.1) is 46.3 Å². The van der Waals surface area contributed by atoms with Crippen molar-refractivity contribution in [1.82, 2.24) is 0 Å². The van der Waals surface area contributed by atoms with E-state index < -0.39 is 97.8 Å². The second kappa shape index (κ2) is 15.6. The quantitative estimate of drug-likeness (QED) is 0.143. The molecule has 2 heterocycles. The molecule has 0 aromatic rings. The third-order valence-corrected chi connectivity index (χ3v) is 14.7. The van der Waals surface area contributed by atoms with Crippen LogP contribution in [0.5, 0.6) is 0 Å². The maximum absolute atomic E-state index is 11.6. The van der Waals surface area contributed by atoms with Crippen LogP contribution < -0.4 is 0 Å². The Morgan fingerprint density at radius 2 is 1.48 bits per heavy atom. The van der Waals surface area contributed by atoms with E-state index in [0.29, 0.717) is 31.6 Å². The number of fused-ring (bicyclic) bond motifs is 5. The summed E-state index contributed by atoms with van der Waals surface area (Å²) in [7, 11) is 0. The van der Waals surface area contributed by atoms with E-state index in [1.54, 1.807) is 6.92 Å². The second-order valence-corrected chi connectivity index (χ2v) is 18.1. The molecule has 0 amide bonds. The van der Waals surface area contributed by atoms with Gasteiger partial charge >= 0.3 is 0 Å². The predicted molar refractivity (Wildman–Crippen MR) is 187 cm³/mol. The van der Waals surface area contributed by atoms with Crippen molar-refractivity contribution in [3.8, 4) is 0 Å². The van der Waals surface area contributed by atoms with E-state index in [1.165, 1.54) is 0 Å². The molecule has 0 aromatic carbocycles. The van der Waals surface area contributed by atoms with Crippen LogP contribution in [-0.4, -0.2) is 138 Å². The SMILES string of the molecule is CC(C)CC[C@H](O)C(C)C1[C@@H](O[C@@H]2O[C@H](CO)[C@@H](O)[C@H](O)[C@H]2O)C[C@H]2[C@@H]3CC=C4C[C@@H](O)C[C@@H](O[C@H]5O[C@@H](C)[C@H](O)[C@@H](O)[C@H]5O)[C@]4(C)[C@H]3CC[C@]12C. The molecule has 0 aromatic heterocycles. The predicted octanol–water partition coefficient (Wildman–Crippen LogP) is 0.977. The van der Waals surface area contributed by atoms with Crippen LogP contribution in [0.15, 0.2) is 11.6 Å². The molecule has 13 nitrogen and oxygen atoms in total. The Bertz CT molecular complexity index is 1250. The monoisotopic (exact) mass is 742 g/mol. The normalized spacial score (nSPS) is 52.0. The van der Waals surface area contributed by atoms with E-state index in [2.05, 4.69) is 40.7 Å². The molecule has 3 saturated carbocycles. The average molecular weight is 743 g/mol. The number of ether oxygens (including phenoxy) is 4. The fourth-order valence-electron chi connectivity index (χ4n) is 11.6. The lowest BCUT2D eigenvalue weighted by Crippen LogP contribution is -2.61. The molecule has 6 aliphatic rings. The van der Waals surface area contributed by atoms with Gasteiger partial charge in [0.05, 0.1) is 37.1 Å². The van der Waals surface area contributed by atoms with Crippen molar-refractivity contribution in [2.75, 3.05) is 6.61 Å². The van der Waals surface area contributed by atoms with Gasteiger partial charge in [0.15, 0.2) is 12.6 Å². The van der Waals surface area contributed by atoms with Gasteiger partial charge in [0.2, 0.25) is 0 Å². The highest BCUT2D eigenvalue weighted by Gasteiger charge is 2.65. The fourth-order valence-corrected chi connectivity index (χ4v) is 11.6. The molecule has 5 fully saturated rings. The van der Waals surface area contributed by atoms with Crippen LogP contribution in [-0.2, 0) is 18.9 Å². The highest BCUT2D eigenvalue weighted by atomic mass is 16.7. The number of hydrogen-bond donors (Lipinski definition) is 9. The summed E-state index contributed by atoms with van der Waals surface area (Å²) in [5, 5.41) is 96.3. The van der Waals surface area contributed by atoms with Crippen molar-refractivity contribution in [3.05, 3.63) is 11.6 Å². The minimum atomic E-state index is -1.56. The molecule has 6 rings (SSSR count). The summed E-state index contributed by atoms with van der Waals surface area (Å²) in [5.74, 6) is 0.552. The molecule has 9 N–H and O–H groups in total. The molecule has 52 heavy (non-hydrogen) atoms. The zero-order valence-corrected chi connectivity index (χ0v) is 31.6. The second-order valence-electron chi connectivity index (χ2n) is 18.1. The Hall–Kier alpha value is -0.780. The van der Waals surface area contributed by atoms with Crippen molar-refractivity contribution in [2.45, 2.75) is 179 Å². The Kier molecular flexibility index (Phi) is 12.3. The number of aliphatic hydroxyl groups excluding tert-OH is 9. The molecule has 21 atom stereocenters. The number of hydrogen-bond acceptors (Lipinski definition) is 13. The zero-order chi connectivity index (χ0) is 38.0. The summed E-state index contributed by atoms with van der Waals surface area (Å²) >= 11 is 0. The Morgan fingerprint density at radius 1 is 0.827 bits per heavy atom. The lowest BCUT2D eigenvalue weighted by atomic mass is 9.46. The maximum atomic E-state index is 11.6. The first kappa shape index (κ1) is 40.9. The maximum Gasteiger partial charge on any atom is 0.186 e. The topological polar surface area (TPSA) is 219 Å². The highest BCUT2D eigenvalue weighted by molar-refractivity contribution is 5.28. The van der Waals surface area contributed by atoms with Gasteiger partial charge in [-0.1, -0.05) is 46.3 Å². The molecular weight excluding hydrogens is 676 g/mol. The molecule has 4 aliphatic carbocycles. The van der Waals surface area contributed by atoms with Gasteiger partial charge in [0.25, 0.3) is 0 Å². The molecule has 300 valence electrons. The van der Waals surface area contributed by atoms with Crippen LogP contribution >= 0.6 is 0 Å². The van der Waals surface area contributed by atoms with Crippen molar-refractivity contribution >= 4 is 0 Å². The first-order valence-electron chi connectivity index (χ1n) is 19.8. The van der Waals surface area contributed by atoms with Gasteiger partial charge in [-0.3, -0.25) is 0 Å². The van der Waals surface area contributed by atoms with Crippen LogP contribution in [0.25, 0.3) is 0 Å². The lowest BCUT2D eigenvalue weighted by Gasteiger charge is -2.60. The van der Waals surface area contributed by atoms with Gasteiger partial charge in [0.1, 0.15) is 42.7 Å². The van der Waals surface area contributed by atoms with Crippen LogP contribution in [0.1, 0.15) is 92.9 Å². The van der Waals surface area contributed by atoms with Crippen molar-refractivity contribution in [1.29, 1.82) is 0 Å². The largest absolute Gasteiger partial charge is 0.394 e. The highest BCUT2D eigenvalue weighted by Crippen LogP contribution is 2.68. The molecule has 2 aliphatic heterocycles. The van der Waals surface area contributed by atoms with E-state index >= 15 is 0 Å². The number of rotatable bonds is 10. The molecule has 13 heteroatoms. The first-order valence-corrected chi connectivity index (χ1v) is 19.8. The summed E-state index contributed by atoms with van der Waals surface area (Å²) in [6.07, 6.45) is -7.68. The Balaban J connectivity index is 1.31. The van der Waals surface area contributed by atoms with Gasteiger partial charge in [0, 0.05) is 11.8 Å². The van der Waals surface area contributed by atoms with Crippen LogP contribution in [0.3, 0.4) is 0 Å². The summed E-state index contributed by atoms with van der Waals surface area (Å²) in [6.45, 7) is 11.9. The van der Waals surface area contributed by atoms with Crippen molar-refractivity contribution in [2.24, 2.45) is 46.3 Å². The summed E-state index contributed by atoms with van der Waals surface area (Å²) in [6, 6.07) is 0. The van der Waals surface area contributed by atoms with Crippen LogP contribution in [0.2, 0.25) is 0 Å². The van der Waals surface area contributed by atoms with Crippen LogP contribution in [0.4, 0.5) is 0 Å². The fraction of sp³-hybridized carbons (Fsp3) is 0.949. The third kappa shape index (κ3) is 7.07. The molecule has 0 bridgehead atoms. The Morgan fingerprint density at radius 3 is 2.13 bits per heavy atom. The third-order valence-electron chi connectivity index (χ3n) is 14.7. The minimum Gasteiger partial charge on any atom is -0.394 e. The van der Waals surface area contributed by atoms with Gasteiger partial charge in [-0.05, 0) is 92.8 Å². The standard InChI is InChI=1S/C39H66O13/c1-17(2)7-10-25(42)18(3)29-26(50-37-35(48)33(46)31(44)27(16-40)51-37)15-24-22-9-8-20-13-21(41)14-28(39(20,6)23(22)11-12-38(24,29)5)52-36-34(47)32(45)30(43)19(4)49-36/h8,17-19,21-37,40-48H,7,9-16H2,1-6H3/t18?,19-,21+,22+,23-,24-,25-,26-,27+,28+,29?,30-,31+,32+,33-,34+,35+,36+,37+,38-,39-/m0/s1. The number of aliphatic hydroxyl groups is 9. The van der Waals surface area contributed by atoms with Gasteiger partial charge in [-0.25, -0.2) is 0 Å². The van der Waals surface area contributed by atoms with Crippen molar-refractivity contribution in [3.63, 3.8) is 0 Å².